The number of fused-ring (bicyclic) bond motifs is 2. The number of piperidine rings is 2. The maximum absolute atomic E-state index is 14.3. The minimum Gasteiger partial charge on any atom is -0.481 e. The summed E-state index contributed by atoms with van der Waals surface area (Å²) in [7, 11) is 0. The zero-order chi connectivity index (χ0) is 42.0. The van der Waals surface area contributed by atoms with Gasteiger partial charge in [-0.25, -0.2) is 19.4 Å². The molecule has 5 fully saturated rings. The molecule has 1 spiro atoms. The van der Waals surface area contributed by atoms with Gasteiger partial charge in [0, 0.05) is 60.5 Å². The number of rotatable bonds is 8. The Bertz CT molecular complexity index is 2220. The molecule has 0 aliphatic carbocycles. The monoisotopic (exact) mass is 833 g/mol. The fraction of sp³-hybridized carbons (Fsp3) is 0.644. The molecule has 9 rings (SSSR count). The molecule has 2 aromatic heterocycles. The molecule has 5 aliphatic heterocycles. The number of carbonyl (C=O) groups excluding carboxylic acids is 1. The number of nitrogens with zero attached hydrogens (tertiary/aromatic N) is 7. The van der Waals surface area contributed by atoms with Crippen molar-refractivity contribution >= 4 is 33.7 Å². The van der Waals surface area contributed by atoms with E-state index in [1.165, 1.54) is 0 Å². The number of amides is 1. The topological polar surface area (TPSA) is 107 Å². The summed E-state index contributed by atoms with van der Waals surface area (Å²) < 4.78 is 68.2. The summed E-state index contributed by atoms with van der Waals surface area (Å²) in [4.78, 5) is 30.0. The third-order valence-corrected chi connectivity index (χ3v) is 13.3. The lowest BCUT2D eigenvalue weighted by atomic mass is 9.72. The van der Waals surface area contributed by atoms with E-state index in [2.05, 4.69) is 15.9 Å². The van der Waals surface area contributed by atoms with Crippen molar-refractivity contribution in [3.8, 4) is 16.9 Å². The first kappa shape index (κ1) is 41.2. The molecule has 5 aliphatic rings. The first-order valence-corrected chi connectivity index (χ1v) is 21.9. The molecule has 0 N–H and O–H groups in total. The van der Waals surface area contributed by atoms with E-state index >= 15 is 0 Å². The Morgan fingerprint density at radius 1 is 0.967 bits per heavy atom. The molecule has 1 amide bonds. The van der Waals surface area contributed by atoms with E-state index in [0.717, 1.165) is 105 Å². The summed E-state index contributed by atoms with van der Waals surface area (Å²) in [5, 5.41) is 6.33. The highest BCUT2D eigenvalue weighted by Crippen LogP contribution is 2.48. The van der Waals surface area contributed by atoms with Crippen LogP contribution in [0.4, 0.5) is 23.8 Å². The average Bonchev–Trinajstić information content (AvgIpc) is 3.62. The van der Waals surface area contributed by atoms with Gasteiger partial charge in [0.2, 0.25) is 0 Å². The fourth-order valence-electron chi connectivity index (χ4n) is 9.96. The molecule has 0 saturated carbocycles. The number of hydrogen-bond acceptors (Lipinski definition) is 10. The highest BCUT2D eigenvalue weighted by Gasteiger charge is 2.48. The summed E-state index contributed by atoms with van der Waals surface area (Å²) >= 11 is 0. The van der Waals surface area contributed by atoms with Gasteiger partial charge < -0.3 is 28.7 Å². The fourth-order valence-corrected chi connectivity index (χ4v) is 9.96. The molecule has 5 saturated heterocycles. The number of likely N-dealkylation sites (tertiary alicyclic amines) is 2. The number of anilines is 1. The molecular formula is C45H58F3N7O5. The van der Waals surface area contributed by atoms with Gasteiger partial charge in [-0.3, -0.25) is 4.90 Å². The van der Waals surface area contributed by atoms with Crippen molar-refractivity contribution in [2.45, 2.75) is 116 Å². The first-order valence-electron chi connectivity index (χ1n) is 21.9. The zero-order valence-electron chi connectivity index (χ0n) is 35.6. The van der Waals surface area contributed by atoms with Crippen LogP contribution in [-0.2, 0) is 20.6 Å². The Kier molecular flexibility index (Phi) is 10.9. The molecular weight excluding hydrogens is 776 g/mol. The van der Waals surface area contributed by atoms with E-state index in [4.69, 9.17) is 34.0 Å². The Balaban J connectivity index is 1.15. The minimum atomic E-state index is -4.58. The van der Waals surface area contributed by atoms with Crippen LogP contribution >= 0.6 is 0 Å². The number of aryl methyl sites for hydroxylation is 2. The van der Waals surface area contributed by atoms with Gasteiger partial charge in [-0.05, 0) is 121 Å². The minimum absolute atomic E-state index is 0.0107. The predicted molar refractivity (Wildman–Crippen MR) is 223 cm³/mol. The number of ether oxygens (including phenoxy) is 4. The van der Waals surface area contributed by atoms with Crippen LogP contribution in [0.2, 0.25) is 0 Å². The van der Waals surface area contributed by atoms with Crippen molar-refractivity contribution in [1.82, 2.24) is 29.5 Å². The van der Waals surface area contributed by atoms with Gasteiger partial charge >= 0.3 is 12.3 Å². The first-order chi connectivity index (χ1) is 28.7. The standard InChI is InChI=1S/C45H58F3N7O5/c1-6-29-21-32-38(39(59-27-45(46,47)48)37(29)36-28(2)10-11-34-33(36)22-49-55(34)35-9-7-8-20-58-35)50-40(30-12-16-52(17-13-30)31-23-57-24-31)51-41(32)53-18-14-44(15-19-53)25-54(26-44)42(56)60-43(3,4)5/h10-11,21-22,30-31,35H,6-9,12-20,23-27H2,1-5H3. The Labute approximate surface area is 349 Å². The van der Waals surface area contributed by atoms with Crippen LogP contribution < -0.4 is 9.64 Å². The van der Waals surface area contributed by atoms with Crippen LogP contribution in [-0.4, -0.2) is 119 Å². The number of aromatic nitrogens is 4. The van der Waals surface area contributed by atoms with E-state index < -0.39 is 18.4 Å². The highest BCUT2D eigenvalue weighted by molar-refractivity contribution is 6.05. The number of hydrogen-bond donors (Lipinski definition) is 0. The molecule has 1 unspecified atom stereocenters. The molecule has 2 aromatic carbocycles. The Hall–Kier alpha value is -4.21. The highest BCUT2D eigenvalue weighted by atomic mass is 19.4. The van der Waals surface area contributed by atoms with Crippen LogP contribution in [0.15, 0.2) is 24.4 Å². The summed E-state index contributed by atoms with van der Waals surface area (Å²) in [6.45, 7) is 14.8. The third kappa shape index (κ3) is 8.01. The van der Waals surface area contributed by atoms with Crippen LogP contribution in [0.1, 0.15) is 102 Å². The molecule has 1 atom stereocenters. The Morgan fingerprint density at radius 3 is 2.35 bits per heavy atom. The van der Waals surface area contributed by atoms with Gasteiger partial charge in [-0.15, -0.1) is 0 Å². The third-order valence-electron chi connectivity index (χ3n) is 13.3. The van der Waals surface area contributed by atoms with Crippen molar-refractivity contribution in [2.24, 2.45) is 5.41 Å². The van der Waals surface area contributed by atoms with Gasteiger partial charge in [0.25, 0.3) is 0 Å². The quantitative estimate of drug-likeness (QED) is 0.171. The van der Waals surface area contributed by atoms with Crippen molar-refractivity contribution in [1.29, 1.82) is 0 Å². The largest absolute Gasteiger partial charge is 0.481 e. The van der Waals surface area contributed by atoms with E-state index in [1.807, 2.05) is 57.6 Å². The second kappa shape index (κ2) is 15.9. The van der Waals surface area contributed by atoms with Gasteiger partial charge in [0.15, 0.2) is 18.6 Å². The number of alkyl halides is 3. The van der Waals surface area contributed by atoms with Crippen molar-refractivity contribution in [2.75, 3.05) is 70.6 Å². The molecule has 4 aromatic rings. The second-order valence-electron chi connectivity index (χ2n) is 18.7. The van der Waals surface area contributed by atoms with Crippen molar-refractivity contribution in [3.05, 3.63) is 41.3 Å². The molecule has 60 heavy (non-hydrogen) atoms. The summed E-state index contributed by atoms with van der Waals surface area (Å²) in [6.07, 6.45) is 3.53. The predicted octanol–water partition coefficient (Wildman–Crippen LogP) is 8.57. The molecule has 15 heteroatoms. The van der Waals surface area contributed by atoms with E-state index in [0.29, 0.717) is 67.5 Å². The van der Waals surface area contributed by atoms with Crippen molar-refractivity contribution < 1.29 is 36.9 Å². The zero-order valence-corrected chi connectivity index (χ0v) is 35.6. The van der Waals surface area contributed by atoms with Gasteiger partial charge in [-0.1, -0.05) is 13.0 Å². The van der Waals surface area contributed by atoms with E-state index in [1.54, 1.807) is 4.90 Å². The van der Waals surface area contributed by atoms with Gasteiger partial charge in [0.05, 0.1) is 31.0 Å². The molecule has 0 bridgehead atoms. The lowest BCUT2D eigenvalue weighted by Crippen LogP contribution is -2.62. The summed E-state index contributed by atoms with van der Waals surface area (Å²) in [5.74, 6) is 1.54. The number of halogens is 3. The van der Waals surface area contributed by atoms with Gasteiger partial charge in [-0.2, -0.15) is 18.3 Å². The number of carbonyl (C=O) groups is 1. The average molecular weight is 834 g/mol. The normalized spacial score (nSPS) is 22.0. The lowest BCUT2D eigenvalue weighted by molar-refractivity contribution is -0.153. The second-order valence-corrected chi connectivity index (χ2v) is 18.7. The van der Waals surface area contributed by atoms with Crippen molar-refractivity contribution in [3.63, 3.8) is 0 Å². The smallest absolute Gasteiger partial charge is 0.422 e. The molecule has 324 valence electrons. The van der Waals surface area contributed by atoms with Crippen LogP contribution in [0.5, 0.6) is 5.75 Å². The molecule has 7 heterocycles. The van der Waals surface area contributed by atoms with E-state index in [-0.39, 0.29) is 29.4 Å². The maximum atomic E-state index is 14.3. The molecule has 0 radical (unpaired) electrons. The maximum Gasteiger partial charge on any atom is 0.422 e. The van der Waals surface area contributed by atoms with Gasteiger partial charge in [0.1, 0.15) is 22.8 Å². The number of benzene rings is 2. The van der Waals surface area contributed by atoms with E-state index in [9.17, 15) is 18.0 Å². The molecule has 12 nitrogen and oxygen atoms in total. The summed E-state index contributed by atoms with van der Waals surface area (Å²) in [5.41, 5.74) is 3.86. The Morgan fingerprint density at radius 2 is 1.72 bits per heavy atom. The lowest BCUT2D eigenvalue weighted by Gasteiger charge is -2.53. The SMILES string of the molecule is CCc1cc2c(N3CCC4(CC3)CN(C(=O)OC(C)(C)C)C4)nc(C3CCN(C4COC4)CC3)nc2c(OCC(F)(F)F)c1-c1c(C)ccc2c1cnn2C1CCCCO1. The van der Waals surface area contributed by atoms with Crippen LogP contribution in [0.3, 0.4) is 0 Å². The summed E-state index contributed by atoms with van der Waals surface area (Å²) in [6, 6.07) is 6.56. The van der Waals surface area contributed by atoms with Crippen LogP contribution in [0, 0.1) is 12.3 Å². The van der Waals surface area contributed by atoms with Crippen LogP contribution in [0.25, 0.3) is 32.9 Å².